The molecule has 20 heavy (non-hydrogen) atoms. The van der Waals surface area contributed by atoms with Crippen LogP contribution in [-0.2, 0) is 16.6 Å². The molecule has 1 fully saturated rings. The Bertz CT molecular complexity index is 539. The highest BCUT2D eigenvalue weighted by Gasteiger charge is 2.30. The second kappa shape index (κ2) is 6.13. The van der Waals surface area contributed by atoms with E-state index in [9.17, 15) is 8.42 Å². The van der Waals surface area contributed by atoms with E-state index >= 15 is 0 Å². The molecule has 1 aliphatic carbocycles. The molecule has 6 heteroatoms. The smallest absolute Gasteiger partial charge is 0.250 e. The molecule has 0 saturated heterocycles. The van der Waals surface area contributed by atoms with Crippen LogP contribution in [0.5, 0.6) is 0 Å². The van der Waals surface area contributed by atoms with Crippen molar-refractivity contribution in [3.05, 3.63) is 17.0 Å². The predicted molar refractivity (Wildman–Crippen MR) is 83.4 cm³/mol. The van der Waals surface area contributed by atoms with Gasteiger partial charge < -0.3 is 5.32 Å². The third-order valence-corrected chi connectivity index (χ3v) is 7.01. The standard InChI is InChI=1S/C14H24N2O2S2/c1-14(2)8-6-11(7-9-14)16-20(17,18)13-5-4-12(19-13)10-15-3/h4-5,11,15-16H,6-10H2,1-3H3. The lowest BCUT2D eigenvalue weighted by Crippen LogP contribution is -2.38. The first kappa shape index (κ1) is 15.9. The predicted octanol–water partition coefficient (Wildman–Crippen LogP) is 2.71. The third-order valence-electron chi connectivity index (χ3n) is 3.91. The van der Waals surface area contributed by atoms with Crippen molar-refractivity contribution in [1.29, 1.82) is 0 Å². The maximum Gasteiger partial charge on any atom is 0.250 e. The summed E-state index contributed by atoms with van der Waals surface area (Å²) < 4.78 is 28.0. The van der Waals surface area contributed by atoms with Gasteiger partial charge in [0.15, 0.2) is 0 Å². The molecule has 1 heterocycles. The van der Waals surface area contributed by atoms with E-state index in [1.807, 2.05) is 13.1 Å². The van der Waals surface area contributed by atoms with Crippen molar-refractivity contribution < 1.29 is 8.42 Å². The van der Waals surface area contributed by atoms with Crippen LogP contribution in [0.2, 0.25) is 0 Å². The summed E-state index contributed by atoms with van der Waals surface area (Å²) in [6, 6.07) is 3.66. The zero-order chi connectivity index (χ0) is 14.8. The van der Waals surface area contributed by atoms with E-state index in [0.717, 1.165) is 30.6 Å². The highest BCUT2D eigenvalue weighted by atomic mass is 32.2. The molecule has 4 nitrogen and oxygen atoms in total. The van der Waals surface area contributed by atoms with Gasteiger partial charge in [0.25, 0.3) is 0 Å². The van der Waals surface area contributed by atoms with E-state index in [1.165, 1.54) is 11.3 Å². The molecule has 0 atom stereocenters. The van der Waals surface area contributed by atoms with Crippen LogP contribution >= 0.6 is 11.3 Å². The number of rotatable bonds is 5. The summed E-state index contributed by atoms with van der Waals surface area (Å²) in [5, 5.41) is 3.03. The minimum absolute atomic E-state index is 0.0860. The number of thiophene rings is 1. The van der Waals surface area contributed by atoms with Gasteiger partial charge in [0.05, 0.1) is 0 Å². The first-order valence-corrected chi connectivity index (χ1v) is 9.38. The first-order chi connectivity index (χ1) is 9.32. The highest BCUT2D eigenvalue weighted by molar-refractivity contribution is 7.91. The second-order valence-electron chi connectivity index (χ2n) is 6.31. The third kappa shape index (κ3) is 4.04. The van der Waals surface area contributed by atoms with Gasteiger partial charge in [-0.25, -0.2) is 13.1 Å². The molecule has 0 unspecified atom stereocenters. The summed E-state index contributed by atoms with van der Waals surface area (Å²) in [4.78, 5) is 1.04. The summed E-state index contributed by atoms with van der Waals surface area (Å²) in [6.45, 7) is 5.21. The van der Waals surface area contributed by atoms with Gasteiger partial charge >= 0.3 is 0 Å². The maximum atomic E-state index is 12.4. The molecule has 114 valence electrons. The quantitative estimate of drug-likeness (QED) is 0.878. The summed E-state index contributed by atoms with van der Waals surface area (Å²) in [7, 11) is -1.50. The van der Waals surface area contributed by atoms with Gasteiger partial charge in [-0.2, -0.15) is 0 Å². The Kier molecular flexibility index (Phi) is 4.89. The van der Waals surface area contributed by atoms with Crippen LogP contribution in [0.4, 0.5) is 0 Å². The van der Waals surface area contributed by atoms with Gasteiger partial charge in [-0.05, 0) is 50.3 Å². The van der Waals surface area contributed by atoms with Crippen LogP contribution < -0.4 is 10.0 Å². The lowest BCUT2D eigenvalue weighted by atomic mass is 9.76. The molecular weight excluding hydrogens is 292 g/mol. The summed E-state index contributed by atoms with van der Waals surface area (Å²) in [5.74, 6) is 0. The number of sulfonamides is 1. The summed E-state index contributed by atoms with van der Waals surface area (Å²) in [6.07, 6.45) is 4.02. The van der Waals surface area contributed by atoms with Gasteiger partial charge in [0.1, 0.15) is 4.21 Å². The number of hydrogen-bond acceptors (Lipinski definition) is 4. The van der Waals surface area contributed by atoms with E-state index < -0.39 is 10.0 Å². The Morgan fingerprint density at radius 2 is 1.95 bits per heavy atom. The van der Waals surface area contributed by atoms with E-state index in [2.05, 4.69) is 23.9 Å². The van der Waals surface area contributed by atoms with Crippen LogP contribution in [0.25, 0.3) is 0 Å². The minimum Gasteiger partial charge on any atom is -0.315 e. The Morgan fingerprint density at radius 1 is 1.30 bits per heavy atom. The SMILES string of the molecule is CNCc1ccc(S(=O)(=O)NC2CCC(C)(C)CC2)s1. The van der Waals surface area contributed by atoms with Crippen molar-refractivity contribution in [2.45, 2.75) is 56.3 Å². The van der Waals surface area contributed by atoms with Gasteiger partial charge in [0, 0.05) is 17.5 Å². The van der Waals surface area contributed by atoms with E-state index in [4.69, 9.17) is 0 Å². The normalized spacial score (nSPS) is 20.1. The zero-order valence-electron chi connectivity index (χ0n) is 12.4. The molecule has 0 aromatic carbocycles. The minimum atomic E-state index is -3.35. The van der Waals surface area contributed by atoms with Gasteiger partial charge in [-0.3, -0.25) is 0 Å². The van der Waals surface area contributed by atoms with Crippen LogP contribution in [0, 0.1) is 5.41 Å². The van der Waals surface area contributed by atoms with Crippen molar-refractivity contribution in [2.75, 3.05) is 7.05 Å². The lowest BCUT2D eigenvalue weighted by molar-refractivity contribution is 0.218. The first-order valence-electron chi connectivity index (χ1n) is 7.08. The van der Waals surface area contributed by atoms with Gasteiger partial charge in [-0.1, -0.05) is 13.8 Å². The van der Waals surface area contributed by atoms with Crippen molar-refractivity contribution in [3.63, 3.8) is 0 Å². The Morgan fingerprint density at radius 3 is 2.55 bits per heavy atom. The molecule has 2 N–H and O–H groups in total. The van der Waals surface area contributed by atoms with Crippen LogP contribution in [0.1, 0.15) is 44.4 Å². The fourth-order valence-corrected chi connectivity index (χ4v) is 5.26. The molecule has 1 saturated carbocycles. The van der Waals surface area contributed by atoms with Crippen molar-refractivity contribution in [1.82, 2.24) is 10.0 Å². The van der Waals surface area contributed by atoms with Crippen LogP contribution in [0.3, 0.4) is 0 Å². The van der Waals surface area contributed by atoms with Gasteiger partial charge in [-0.15, -0.1) is 11.3 Å². The van der Waals surface area contributed by atoms with Crippen LogP contribution in [0.15, 0.2) is 16.3 Å². The van der Waals surface area contributed by atoms with Crippen molar-refractivity contribution in [2.24, 2.45) is 5.41 Å². The molecule has 1 aromatic rings. The molecule has 1 aliphatic rings. The second-order valence-corrected chi connectivity index (χ2v) is 9.42. The highest BCUT2D eigenvalue weighted by Crippen LogP contribution is 2.35. The molecule has 2 rings (SSSR count). The number of hydrogen-bond donors (Lipinski definition) is 2. The maximum absolute atomic E-state index is 12.4. The molecule has 0 aliphatic heterocycles. The van der Waals surface area contributed by atoms with Crippen molar-refractivity contribution >= 4 is 21.4 Å². The lowest BCUT2D eigenvalue weighted by Gasteiger charge is -2.34. The van der Waals surface area contributed by atoms with Crippen LogP contribution in [-0.4, -0.2) is 21.5 Å². The fourth-order valence-electron chi connectivity index (χ4n) is 2.57. The molecule has 0 spiro atoms. The topological polar surface area (TPSA) is 58.2 Å². The Balaban J connectivity index is 2.00. The Labute approximate surface area is 126 Å². The van der Waals surface area contributed by atoms with E-state index in [1.54, 1.807) is 6.07 Å². The largest absolute Gasteiger partial charge is 0.315 e. The average molecular weight is 316 g/mol. The average Bonchev–Trinajstić information content (AvgIpc) is 2.82. The van der Waals surface area contributed by atoms with Gasteiger partial charge in [0.2, 0.25) is 10.0 Å². The molecule has 0 bridgehead atoms. The summed E-state index contributed by atoms with van der Waals surface area (Å²) in [5.41, 5.74) is 0.352. The molecular formula is C14H24N2O2S2. The fraction of sp³-hybridized carbons (Fsp3) is 0.714. The number of nitrogens with one attached hydrogen (secondary N) is 2. The zero-order valence-corrected chi connectivity index (χ0v) is 14.0. The summed E-state index contributed by atoms with van der Waals surface area (Å²) >= 11 is 1.34. The van der Waals surface area contributed by atoms with Crippen molar-refractivity contribution in [3.8, 4) is 0 Å². The Hall–Kier alpha value is -0.430. The monoisotopic (exact) mass is 316 g/mol. The molecule has 0 amide bonds. The van der Waals surface area contributed by atoms with E-state index in [0.29, 0.717) is 16.2 Å². The molecule has 1 aromatic heterocycles. The molecule has 0 radical (unpaired) electrons. The van der Waals surface area contributed by atoms with E-state index in [-0.39, 0.29) is 6.04 Å².